The van der Waals surface area contributed by atoms with E-state index in [0.717, 1.165) is 41.3 Å². The number of nitrogens with one attached hydrogen (secondary N) is 1. The summed E-state index contributed by atoms with van der Waals surface area (Å²) in [6.45, 7) is 3.77. The van der Waals surface area contributed by atoms with Crippen molar-refractivity contribution in [2.45, 2.75) is 31.8 Å². The maximum absolute atomic E-state index is 6.13. The van der Waals surface area contributed by atoms with Crippen molar-refractivity contribution in [3.8, 4) is 11.5 Å². The van der Waals surface area contributed by atoms with Crippen molar-refractivity contribution in [1.82, 2.24) is 0 Å². The molecule has 120 valence electrons. The van der Waals surface area contributed by atoms with Crippen LogP contribution in [0.2, 0.25) is 0 Å². The number of hydrogen-bond donors (Lipinski definition) is 1. The lowest BCUT2D eigenvalue weighted by Gasteiger charge is -2.17. The zero-order valence-corrected chi connectivity index (χ0v) is 13.5. The van der Waals surface area contributed by atoms with Gasteiger partial charge in [0.1, 0.15) is 0 Å². The van der Waals surface area contributed by atoms with Crippen molar-refractivity contribution in [2.75, 3.05) is 12.4 Å². The van der Waals surface area contributed by atoms with E-state index in [1.165, 1.54) is 12.8 Å². The van der Waals surface area contributed by atoms with Crippen LogP contribution in [0.4, 0.5) is 11.4 Å². The number of anilines is 2. The summed E-state index contributed by atoms with van der Waals surface area (Å²) in [5.74, 6) is 1.59. The van der Waals surface area contributed by atoms with E-state index in [1.54, 1.807) is 7.11 Å². The summed E-state index contributed by atoms with van der Waals surface area (Å²) in [7, 11) is 1.68. The highest BCUT2D eigenvalue weighted by atomic mass is 16.5. The van der Waals surface area contributed by atoms with Crippen LogP contribution in [-0.4, -0.2) is 13.2 Å². The molecule has 0 amide bonds. The average molecular weight is 309 g/mol. The topological polar surface area (TPSA) is 30.5 Å². The van der Waals surface area contributed by atoms with Crippen molar-refractivity contribution in [3.63, 3.8) is 0 Å². The molecule has 2 aromatic carbocycles. The summed E-state index contributed by atoms with van der Waals surface area (Å²) in [5.41, 5.74) is 3.13. The minimum atomic E-state index is 0.311. The van der Waals surface area contributed by atoms with E-state index in [4.69, 9.17) is 9.47 Å². The third kappa shape index (κ3) is 3.86. The Morgan fingerprint density at radius 1 is 1.00 bits per heavy atom. The van der Waals surface area contributed by atoms with E-state index in [2.05, 4.69) is 11.9 Å². The van der Waals surface area contributed by atoms with Crippen molar-refractivity contribution in [2.24, 2.45) is 0 Å². The highest BCUT2D eigenvalue weighted by Crippen LogP contribution is 2.34. The van der Waals surface area contributed by atoms with Crippen molar-refractivity contribution in [3.05, 3.63) is 54.6 Å². The SMILES string of the molecule is C=Cc1ccc(Nc2ccc(OC)c(OC3CCCC3)c2)cc1. The standard InChI is InChI=1S/C20H23NO2/c1-3-15-8-10-16(11-9-15)21-17-12-13-19(22-2)20(14-17)23-18-6-4-5-7-18/h3,8-14,18,21H,1,4-7H2,2H3. The van der Waals surface area contributed by atoms with Crippen LogP contribution in [0.25, 0.3) is 6.08 Å². The number of rotatable bonds is 6. The van der Waals surface area contributed by atoms with Crippen molar-refractivity contribution >= 4 is 17.5 Å². The van der Waals surface area contributed by atoms with Gasteiger partial charge < -0.3 is 14.8 Å². The van der Waals surface area contributed by atoms with Gasteiger partial charge in [-0.3, -0.25) is 0 Å². The van der Waals surface area contributed by atoms with Crippen LogP contribution in [0.5, 0.6) is 11.5 Å². The van der Waals surface area contributed by atoms with Crippen LogP contribution in [0.15, 0.2) is 49.0 Å². The van der Waals surface area contributed by atoms with Gasteiger partial charge in [-0.2, -0.15) is 0 Å². The molecule has 0 heterocycles. The fraction of sp³-hybridized carbons (Fsp3) is 0.300. The summed E-state index contributed by atoms with van der Waals surface area (Å²) in [6.07, 6.45) is 6.91. The van der Waals surface area contributed by atoms with Crippen LogP contribution in [0.1, 0.15) is 31.2 Å². The first-order valence-electron chi connectivity index (χ1n) is 8.13. The molecular formula is C20H23NO2. The molecule has 1 fully saturated rings. The minimum Gasteiger partial charge on any atom is -0.493 e. The van der Waals surface area contributed by atoms with Gasteiger partial charge in [0.2, 0.25) is 0 Å². The predicted octanol–water partition coefficient (Wildman–Crippen LogP) is 5.40. The molecule has 0 saturated heterocycles. The molecule has 0 aliphatic heterocycles. The quantitative estimate of drug-likeness (QED) is 0.774. The van der Waals surface area contributed by atoms with E-state index in [1.807, 2.05) is 48.5 Å². The van der Waals surface area contributed by atoms with Crippen molar-refractivity contribution in [1.29, 1.82) is 0 Å². The molecule has 3 rings (SSSR count). The van der Waals surface area contributed by atoms with Gasteiger partial charge >= 0.3 is 0 Å². The Morgan fingerprint density at radius 2 is 1.70 bits per heavy atom. The van der Waals surface area contributed by atoms with Gasteiger partial charge in [-0.25, -0.2) is 0 Å². The fourth-order valence-electron chi connectivity index (χ4n) is 2.90. The summed E-state index contributed by atoms with van der Waals surface area (Å²) in [4.78, 5) is 0. The number of benzene rings is 2. The van der Waals surface area contributed by atoms with Gasteiger partial charge in [0.05, 0.1) is 13.2 Å². The Hall–Kier alpha value is -2.42. The van der Waals surface area contributed by atoms with E-state index < -0.39 is 0 Å². The molecule has 23 heavy (non-hydrogen) atoms. The van der Waals surface area contributed by atoms with Crippen LogP contribution in [0.3, 0.4) is 0 Å². The van der Waals surface area contributed by atoms with E-state index in [0.29, 0.717) is 6.10 Å². The molecule has 0 atom stereocenters. The van der Waals surface area contributed by atoms with E-state index >= 15 is 0 Å². The molecule has 0 radical (unpaired) electrons. The lowest BCUT2D eigenvalue weighted by Crippen LogP contribution is -2.11. The van der Waals surface area contributed by atoms with Gasteiger partial charge in [-0.1, -0.05) is 24.8 Å². The Bertz CT molecular complexity index is 658. The molecule has 2 aromatic rings. The molecule has 1 N–H and O–H groups in total. The summed E-state index contributed by atoms with van der Waals surface area (Å²) in [5, 5.41) is 3.40. The molecular weight excluding hydrogens is 286 g/mol. The molecule has 0 spiro atoms. The zero-order chi connectivity index (χ0) is 16.1. The smallest absolute Gasteiger partial charge is 0.163 e. The Kier molecular flexibility index (Phi) is 4.86. The lowest BCUT2D eigenvalue weighted by molar-refractivity contribution is 0.201. The maximum atomic E-state index is 6.13. The van der Waals surface area contributed by atoms with E-state index in [9.17, 15) is 0 Å². The number of methoxy groups -OCH3 is 1. The molecule has 1 saturated carbocycles. The minimum absolute atomic E-state index is 0.311. The number of ether oxygens (including phenoxy) is 2. The molecule has 1 aliphatic carbocycles. The third-order valence-corrected chi connectivity index (χ3v) is 4.19. The molecule has 0 unspecified atom stereocenters. The number of hydrogen-bond acceptors (Lipinski definition) is 3. The second-order valence-corrected chi connectivity index (χ2v) is 5.84. The van der Waals surface area contributed by atoms with Gasteiger partial charge in [0.25, 0.3) is 0 Å². The Morgan fingerprint density at radius 3 is 2.35 bits per heavy atom. The fourth-order valence-corrected chi connectivity index (χ4v) is 2.90. The second kappa shape index (κ2) is 7.23. The van der Waals surface area contributed by atoms with Gasteiger partial charge in [-0.05, 0) is 55.5 Å². The van der Waals surface area contributed by atoms with Crippen LogP contribution in [-0.2, 0) is 0 Å². The summed E-state index contributed by atoms with van der Waals surface area (Å²) >= 11 is 0. The Balaban J connectivity index is 1.77. The van der Waals surface area contributed by atoms with E-state index in [-0.39, 0.29) is 0 Å². The monoisotopic (exact) mass is 309 g/mol. The molecule has 0 aromatic heterocycles. The summed E-state index contributed by atoms with van der Waals surface area (Å²) in [6, 6.07) is 14.1. The largest absolute Gasteiger partial charge is 0.493 e. The van der Waals surface area contributed by atoms with Gasteiger partial charge in [-0.15, -0.1) is 0 Å². The van der Waals surface area contributed by atoms with Gasteiger partial charge in [0, 0.05) is 17.4 Å². The normalized spacial score (nSPS) is 14.5. The maximum Gasteiger partial charge on any atom is 0.163 e. The zero-order valence-electron chi connectivity index (χ0n) is 13.5. The molecule has 0 bridgehead atoms. The predicted molar refractivity (Wildman–Crippen MR) is 95.7 cm³/mol. The second-order valence-electron chi connectivity index (χ2n) is 5.84. The lowest BCUT2D eigenvalue weighted by atomic mass is 10.2. The third-order valence-electron chi connectivity index (χ3n) is 4.19. The average Bonchev–Trinajstić information content (AvgIpc) is 3.09. The molecule has 3 heteroatoms. The van der Waals surface area contributed by atoms with Crippen LogP contribution < -0.4 is 14.8 Å². The summed E-state index contributed by atoms with van der Waals surface area (Å²) < 4.78 is 11.6. The van der Waals surface area contributed by atoms with Gasteiger partial charge in [0.15, 0.2) is 11.5 Å². The van der Waals surface area contributed by atoms with Crippen LogP contribution in [0, 0.1) is 0 Å². The Labute approximate surface area is 137 Å². The van der Waals surface area contributed by atoms with Crippen molar-refractivity contribution < 1.29 is 9.47 Å². The first-order valence-corrected chi connectivity index (χ1v) is 8.13. The highest BCUT2D eigenvalue weighted by molar-refractivity contribution is 5.65. The van der Waals surface area contributed by atoms with Crippen LogP contribution >= 0.6 is 0 Å². The molecule has 3 nitrogen and oxygen atoms in total. The highest BCUT2D eigenvalue weighted by Gasteiger charge is 2.18. The first-order chi connectivity index (χ1) is 11.3. The first kappa shape index (κ1) is 15.5. The molecule has 1 aliphatic rings.